The minimum absolute atomic E-state index is 0. The van der Waals surface area contributed by atoms with Crippen LogP contribution in [-0.2, 0) is 32.2 Å². The van der Waals surface area contributed by atoms with Gasteiger partial charge in [-0.1, -0.05) is 49.6 Å². The lowest BCUT2D eigenvalue weighted by molar-refractivity contribution is -0.140. The largest absolute Gasteiger partial charge is 0.377 e. The van der Waals surface area contributed by atoms with Gasteiger partial charge in [0.25, 0.3) is 0 Å². The lowest BCUT2D eigenvalue weighted by Crippen LogP contribution is -2.63. The second-order valence-electron chi connectivity index (χ2n) is 12.7. The number of hydrogen-bond acceptors (Lipinski definition) is 7. The first-order valence-electron chi connectivity index (χ1n) is 17.0. The smallest absolute Gasteiger partial charge is 0.246 e. The maximum atomic E-state index is 14.5. The van der Waals surface area contributed by atoms with Gasteiger partial charge in [-0.05, 0) is 50.4 Å². The van der Waals surface area contributed by atoms with E-state index in [2.05, 4.69) is 16.0 Å². The normalized spacial score (nSPS) is 18.1. The molecule has 1 saturated heterocycles. The van der Waals surface area contributed by atoms with Gasteiger partial charge in [-0.15, -0.1) is 12.4 Å². The van der Waals surface area contributed by atoms with Crippen LogP contribution in [0.1, 0.15) is 55.1 Å². The van der Waals surface area contributed by atoms with Gasteiger partial charge in [0.05, 0.1) is 43.7 Å². The number of benzene rings is 2. The second kappa shape index (κ2) is 18.5. The molecule has 268 valence electrons. The number of Topliss-reactive ketones (excluding diaryl/α,β-unsaturated/α-hetero) is 1. The average molecular weight is 704 g/mol. The van der Waals surface area contributed by atoms with Crippen LogP contribution in [0.15, 0.2) is 48.5 Å². The van der Waals surface area contributed by atoms with Gasteiger partial charge in [-0.3, -0.25) is 14.4 Å². The van der Waals surface area contributed by atoms with Crippen LogP contribution < -0.4 is 16.0 Å². The minimum Gasteiger partial charge on any atom is -0.377 e. The van der Waals surface area contributed by atoms with Crippen molar-refractivity contribution in [3.63, 3.8) is 0 Å². The molecule has 2 aromatic carbocycles. The third kappa shape index (κ3) is 9.64. The third-order valence-electron chi connectivity index (χ3n) is 9.48. The molecule has 1 aliphatic heterocycles. The summed E-state index contributed by atoms with van der Waals surface area (Å²) < 4.78 is 41.9. The molecule has 2 heterocycles. The van der Waals surface area contributed by atoms with Crippen molar-refractivity contribution in [1.29, 1.82) is 0 Å². The van der Waals surface area contributed by atoms with E-state index in [1.807, 2.05) is 30.3 Å². The van der Waals surface area contributed by atoms with E-state index in [0.29, 0.717) is 37.3 Å². The quantitative estimate of drug-likeness (QED) is 0.160. The number of halogens is 3. The maximum absolute atomic E-state index is 14.5. The number of likely N-dealkylation sites (N-methyl/N-ethyl adjacent to an activating group) is 1. The zero-order valence-corrected chi connectivity index (χ0v) is 29.0. The highest BCUT2D eigenvalue weighted by molar-refractivity contribution is 6.05. The number of carbonyl (C=O) groups excluding carboxylic acids is 3. The van der Waals surface area contributed by atoms with Crippen LogP contribution in [0.25, 0.3) is 10.9 Å². The molecule has 3 aromatic rings. The van der Waals surface area contributed by atoms with Crippen LogP contribution in [0.5, 0.6) is 0 Å². The zero-order chi connectivity index (χ0) is 34.0. The molecule has 1 unspecified atom stereocenters. The number of nitrogens with zero attached hydrogens (tertiary/aromatic N) is 2. The SMILES string of the molecule is CN[C@@H](C)C(=O)NC(C(=O)N1CCNC[C@@H]1C(=O)c1cc2cc(F)c(F)cc2n1CCOCCOCc1ccccc1)C1CCCCC1.Cl. The summed E-state index contributed by atoms with van der Waals surface area (Å²) in [5.74, 6) is -2.96. The number of hydrogen-bond donors (Lipinski definition) is 3. The van der Waals surface area contributed by atoms with E-state index < -0.39 is 29.8 Å². The van der Waals surface area contributed by atoms with Crippen LogP contribution >= 0.6 is 12.4 Å². The van der Waals surface area contributed by atoms with E-state index in [0.717, 1.165) is 49.8 Å². The fraction of sp³-hybridized carbons (Fsp3) is 0.528. The Kier molecular flexibility index (Phi) is 14.5. The molecular weight excluding hydrogens is 656 g/mol. The van der Waals surface area contributed by atoms with E-state index >= 15 is 0 Å². The first-order valence-corrected chi connectivity index (χ1v) is 17.0. The van der Waals surface area contributed by atoms with Gasteiger partial charge in [-0.25, -0.2) is 8.78 Å². The number of ether oxygens (including phenoxy) is 2. The fourth-order valence-corrected chi connectivity index (χ4v) is 6.65. The topological polar surface area (TPSA) is 114 Å². The number of amides is 2. The van der Waals surface area contributed by atoms with Crippen molar-refractivity contribution in [2.24, 2.45) is 5.92 Å². The highest BCUT2D eigenvalue weighted by Crippen LogP contribution is 2.29. The molecule has 49 heavy (non-hydrogen) atoms. The predicted octanol–water partition coefficient (Wildman–Crippen LogP) is 4.23. The van der Waals surface area contributed by atoms with E-state index in [-0.39, 0.29) is 67.9 Å². The summed E-state index contributed by atoms with van der Waals surface area (Å²) in [5.41, 5.74) is 1.64. The Hall–Kier alpha value is -3.42. The molecule has 0 radical (unpaired) electrons. The molecule has 2 fully saturated rings. The van der Waals surface area contributed by atoms with Crippen LogP contribution in [-0.4, -0.2) is 91.7 Å². The number of fused-ring (bicyclic) bond motifs is 1. The zero-order valence-electron chi connectivity index (χ0n) is 28.2. The number of ketones is 1. The summed E-state index contributed by atoms with van der Waals surface area (Å²) in [4.78, 5) is 43.2. The van der Waals surface area contributed by atoms with Gasteiger partial charge in [0, 0.05) is 37.6 Å². The van der Waals surface area contributed by atoms with E-state index in [4.69, 9.17) is 9.47 Å². The van der Waals surface area contributed by atoms with E-state index in [9.17, 15) is 23.2 Å². The van der Waals surface area contributed by atoms with Crippen molar-refractivity contribution in [3.8, 4) is 0 Å². The van der Waals surface area contributed by atoms with E-state index in [1.165, 1.54) is 0 Å². The van der Waals surface area contributed by atoms with Crippen LogP contribution in [0, 0.1) is 17.6 Å². The Morgan fingerprint density at radius 1 is 0.980 bits per heavy atom. The first-order chi connectivity index (χ1) is 23.3. The van der Waals surface area contributed by atoms with Gasteiger partial charge in [-0.2, -0.15) is 0 Å². The highest BCUT2D eigenvalue weighted by Gasteiger charge is 2.41. The van der Waals surface area contributed by atoms with Crippen LogP contribution in [0.2, 0.25) is 0 Å². The number of rotatable bonds is 15. The standard InChI is InChI=1S/C36H47F2N5O5.ClH/c1-24(39-2)35(45)41-33(26-11-7-4-8-12-26)36(46)43-14-13-40-22-32(43)34(44)31-20-27-19-28(37)29(38)21-30(27)42(31)15-16-47-17-18-48-23-25-9-5-3-6-10-25;/h3,5-6,9-10,19-21,24,26,32-33,39-40H,4,7-8,11-18,22-23H2,1-2H3,(H,41,45);1H/t24-,32+,33?;/m0./s1. The van der Waals surface area contributed by atoms with Gasteiger partial charge in [0.1, 0.15) is 12.1 Å². The van der Waals surface area contributed by atoms with Crippen molar-refractivity contribution in [2.45, 2.75) is 70.3 Å². The Balaban J connectivity index is 0.00000541. The molecule has 3 atom stereocenters. The number of aromatic nitrogens is 1. The summed E-state index contributed by atoms with van der Waals surface area (Å²) in [5, 5.41) is 9.53. The first kappa shape index (κ1) is 38.4. The summed E-state index contributed by atoms with van der Waals surface area (Å²) in [6.07, 6.45) is 4.67. The molecule has 13 heteroatoms. The maximum Gasteiger partial charge on any atom is 0.246 e. The molecule has 3 N–H and O–H groups in total. The summed E-state index contributed by atoms with van der Waals surface area (Å²) in [6.45, 7) is 4.26. The lowest BCUT2D eigenvalue weighted by Gasteiger charge is -2.40. The highest BCUT2D eigenvalue weighted by atomic mass is 35.5. The van der Waals surface area contributed by atoms with Crippen molar-refractivity contribution in [2.75, 3.05) is 46.5 Å². The number of carbonyl (C=O) groups is 3. The van der Waals surface area contributed by atoms with Gasteiger partial charge in [0.2, 0.25) is 17.6 Å². The predicted molar refractivity (Wildman–Crippen MR) is 186 cm³/mol. The Morgan fingerprint density at radius 3 is 2.43 bits per heavy atom. The molecule has 1 saturated carbocycles. The van der Waals surface area contributed by atoms with Crippen LogP contribution in [0.3, 0.4) is 0 Å². The molecular formula is C36H48ClF2N5O5. The lowest BCUT2D eigenvalue weighted by atomic mass is 9.82. The second-order valence-corrected chi connectivity index (χ2v) is 12.7. The number of piperazine rings is 1. The molecule has 0 bridgehead atoms. The minimum atomic E-state index is -1.02. The molecule has 2 amide bonds. The molecule has 10 nitrogen and oxygen atoms in total. The van der Waals surface area contributed by atoms with Crippen molar-refractivity contribution in [1.82, 2.24) is 25.4 Å². The summed E-state index contributed by atoms with van der Waals surface area (Å²) in [6, 6.07) is 11.4. The van der Waals surface area contributed by atoms with Crippen molar-refractivity contribution in [3.05, 3.63) is 71.4 Å². The number of nitrogens with one attached hydrogen (secondary N) is 3. The summed E-state index contributed by atoms with van der Waals surface area (Å²) in [7, 11) is 1.69. The van der Waals surface area contributed by atoms with Gasteiger partial charge >= 0.3 is 0 Å². The molecule has 0 spiro atoms. The van der Waals surface area contributed by atoms with Gasteiger partial charge in [0.15, 0.2) is 11.6 Å². The Labute approximate surface area is 292 Å². The van der Waals surface area contributed by atoms with Crippen molar-refractivity contribution < 1.29 is 32.6 Å². The van der Waals surface area contributed by atoms with Gasteiger partial charge < -0.3 is 34.9 Å². The Bertz CT molecular complexity index is 1550. The molecule has 2 aliphatic rings. The molecule has 1 aromatic heterocycles. The monoisotopic (exact) mass is 703 g/mol. The molecule has 5 rings (SSSR count). The Morgan fingerprint density at radius 2 is 1.69 bits per heavy atom. The fourth-order valence-electron chi connectivity index (χ4n) is 6.65. The van der Waals surface area contributed by atoms with E-state index in [1.54, 1.807) is 29.5 Å². The average Bonchev–Trinajstić information content (AvgIpc) is 3.46. The third-order valence-corrected chi connectivity index (χ3v) is 9.48. The van der Waals surface area contributed by atoms with Crippen molar-refractivity contribution >= 4 is 40.9 Å². The summed E-state index contributed by atoms with van der Waals surface area (Å²) >= 11 is 0. The van der Waals surface area contributed by atoms with Crippen LogP contribution in [0.4, 0.5) is 8.78 Å². The molecule has 1 aliphatic carbocycles.